The number of aromatic nitrogens is 1. The van der Waals surface area contributed by atoms with Crippen molar-refractivity contribution in [3.05, 3.63) is 69.1 Å². The van der Waals surface area contributed by atoms with Gasteiger partial charge in [-0.15, -0.1) is 0 Å². The molecule has 0 bridgehead atoms. The Bertz CT molecular complexity index is 904. The lowest BCUT2D eigenvalue weighted by Gasteiger charge is -2.29. The molecule has 1 aliphatic rings. The van der Waals surface area contributed by atoms with E-state index in [1.54, 1.807) is 37.3 Å². The summed E-state index contributed by atoms with van der Waals surface area (Å²) in [5.74, 6) is -1.55. The van der Waals surface area contributed by atoms with Gasteiger partial charge in [0.2, 0.25) is 0 Å². The fourth-order valence-electron chi connectivity index (χ4n) is 3.71. The quantitative estimate of drug-likeness (QED) is 0.729. The van der Waals surface area contributed by atoms with E-state index in [1.165, 1.54) is 0 Å². The van der Waals surface area contributed by atoms with Crippen molar-refractivity contribution in [2.24, 2.45) is 0 Å². The number of H-pyrrole nitrogens is 1. The highest BCUT2D eigenvalue weighted by molar-refractivity contribution is 5.94. The fraction of sp³-hybridized carbons (Fsp3) is 0.381. The molecule has 142 valence electrons. The topological polar surface area (TPSA) is 99.3 Å². The summed E-state index contributed by atoms with van der Waals surface area (Å²) in [7, 11) is 0. The molecule has 1 unspecified atom stereocenters. The van der Waals surface area contributed by atoms with E-state index in [1.807, 2.05) is 6.07 Å². The second-order valence-corrected chi connectivity index (χ2v) is 7.01. The third kappa shape index (κ3) is 3.65. The third-order valence-corrected chi connectivity index (χ3v) is 5.47. The minimum atomic E-state index is -1.24. The van der Waals surface area contributed by atoms with Crippen LogP contribution in [0.1, 0.15) is 53.4 Å². The summed E-state index contributed by atoms with van der Waals surface area (Å²) < 4.78 is 0. The Morgan fingerprint density at radius 3 is 2.56 bits per heavy atom. The summed E-state index contributed by atoms with van der Waals surface area (Å²) in [6, 6.07) is 10.5. The van der Waals surface area contributed by atoms with Crippen molar-refractivity contribution < 1.29 is 14.7 Å². The van der Waals surface area contributed by atoms with E-state index in [2.05, 4.69) is 10.3 Å². The fourth-order valence-corrected chi connectivity index (χ4v) is 3.71. The van der Waals surface area contributed by atoms with Crippen LogP contribution < -0.4 is 10.9 Å². The van der Waals surface area contributed by atoms with Crippen molar-refractivity contribution in [2.75, 3.05) is 6.54 Å². The molecule has 1 aromatic carbocycles. The lowest BCUT2D eigenvalue weighted by atomic mass is 9.78. The number of hydrogen-bond donors (Lipinski definition) is 3. The molecule has 3 rings (SSSR count). The number of pyridine rings is 1. The molecule has 6 heteroatoms. The number of amides is 1. The number of aryl methyl sites for hydroxylation is 2. The van der Waals surface area contributed by atoms with Crippen LogP contribution in [-0.4, -0.2) is 28.5 Å². The number of benzene rings is 1. The highest BCUT2D eigenvalue weighted by Gasteiger charge is 2.39. The van der Waals surface area contributed by atoms with Crippen LogP contribution in [-0.2, 0) is 23.1 Å². The normalized spacial score (nSPS) is 15.4. The maximum Gasteiger partial charge on any atom is 0.315 e. The number of rotatable bonds is 6. The number of fused-ring (bicyclic) bond motifs is 1. The zero-order valence-electron chi connectivity index (χ0n) is 15.4. The van der Waals surface area contributed by atoms with E-state index in [0.717, 1.165) is 36.9 Å². The maximum atomic E-state index is 12.6. The molecule has 1 aliphatic carbocycles. The van der Waals surface area contributed by atoms with Gasteiger partial charge in [0, 0.05) is 12.2 Å². The predicted molar refractivity (Wildman–Crippen MR) is 102 cm³/mol. The van der Waals surface area contributed by atoms with Gasteiger partial charge in [0.1, 0.15) is 11.0 Å². The Kier molecular flexibility index (Phi) is 5.44. The van der Waals surface area contributed by atoms with Crippen molar-refractivity contribution in [3.8, 4) is 0 Å². The van der Waals surface area contributed by atoms with Crippen LogP contribution in [0.5, 0.6) is 0 Å². The average molecular weight is 368 g/mol. The molecule has 0 saturated heterocycles. The van der Waals surface area contributed by atoms with E-state index < -0.39 is 22.9 Å². The number of carboxylic acid groups (broad SMARTS) is 1. The van der Waals surface area contributed by atoms with Crippen molar-refractivity contribution >= 4 is 11.9 Å². The van der Waals surface area contributed by atoms with Gasteiger partial charge >= 0.3 is 5.97 Å². The molecule has 0 aliphatic heterocycles. The predicted octanol–water partition coefficient (Wildman–Crippen LogP) is 2.42. The van der Waals surface area contributed by atoms with Crippen LogP contribution in [0, 0.1) is 0 Å². The van der Waals surface area contributed by atoms with Crippen molar-refractivity contribution in [1.29, 1.82) is 0 Å². The first kappa shape index (κ1) is 18.9. The molecule has 1 heterocycles. The zero-order valence-corrected chi connectivity index (χ0v) is 15.4. The van der Waals surface area contributed by atoms with Gasteiger partial charge in [0.05, 0.1) is 0 Å². The van der Waals surface area contributed by atoms with Crippen molar-refractivity contribution in [3.63, 3.8) is 0 Å². The van der Waals surface area contributed by atoms with Crippen LogP contribution in [0.3, 0.4) is 0 Å². The van der Waals surface area contributed by atoms with Crippen LogP contribution in [0.4, 0.5) is 0 Å². The van der Waals surface area contributed by atoms with Crippen molar-refractivity contribution in [1.82, 2.24) is 10.3 Å². The van der Waals surface area contributed by atoms with Gasteiger partial charge in [-0.05, 0) is 49.3 Å². The number of carbonyl (C=O) groups excluding carboxylic acids is 1. The lowest BCUT2D eigenvalue weighted by molar-refractivity contribution is -0.143. The van der Waals surface area contributed by atoms with E-state index in [4.69, 9.17) is 0 Å². The molecule has 1 aromatic heterocycles. The van der Waals surface area contributed by atoms with Gasteiger partial charge in [0.15, 0.2) is 0 Å². The first-order valence-electron chi connectivity index (χ1n) is 9.30. The number of hydrogen-bond acceptors (Lipinski definition) is 3. The Balaban J connectivity index is 1.85. The Morgan fingerprint density at radius 1 is 1.19 bits per heavy atom. The van der Waals surface area contributed by atoms with Gasteiger partial charge in [-0.2, -0.15) is 0 Å². The van der Waals surface area contributed by atoms with Crippen LogP contribution in [0.15, 0.2) is 41.2 Å². The molecule has 0 fully saturated rings. The largest absolute Gasteiger partial charge is 0.481 e. The third-order valence-electron chi connectivity index (χ3n) is 5.47. The monoisotopic (exact) mass is 368 g/mol. The minimum absolute atomic E-state index is 0.0408. The molecule has 0 spiro atoms. The number of carbonyl (C=O) groups is 2. The smallest absolute Gasteiger partial charge is 0.315 e. The minimum Gasteiger partial charge on any atom is -0.481 e. The summed E-state index contributed by atoms with van der Waals surface area (Å²) in [6.07, 6.45) is 4.03. The van der Waals surface area contributed by atoms with Crippen molar-refractivity contribution in [2.45, 2.75) is 44.4 Å². The Labute approximate surface area is 157 Å². The molecule has 0 radical (unpaired) electrons. The standard InChI is InChI=1S/C21H24N2O4/c1-2-21(20(26)27,15-9-4-3-5-10-15)13-22-18(24)16-12-14-8-6-7-11-17(14)23-19(16)25/h3-5,9-10,12H,2,6-8,11,13H2,1H3,(H,22,24)(H,23,25)(H,26,27). The summed E-state index contributed by atoms with van der Waals surface area (Å²) in [4.78, 5) is 39.8. The molecule has 1 amide bonds. The second kappa shape index (κ2) is 7.78. The highest BCUT2D eigenvalue weighted by Crippen LogP contribution is 2.28. The highest BCUT2D eigenvalue weighted by atomic mass is 16.4. The molecule has 2 aromatic rings. The molecular formula is C21H24N2O4. The van der Waals surface area contributed by atoms with E-state index >= 15 is 0 Å². The first-order chi connectivity index (χ1) is 13.0. The average Bonchev–Trinajstić information content (AvgIpc) is 2.68. The summed E-state index contributed by atoms with van der Waals surface area (Å²) in [5, 5.41) is 12.5. The van der Waals surface area contributed by atoms with Gasteiger partial charge < -0.3 is 15.4 Å². The number of carboxylic acids is 1. The SMILES string of the molecule is CCC(CNC(=O)c1cc2c([nH]c1=O)CCCC2)(C(=O)O)c1ccccc1. The first-order valence-corrected chi connectivity index (χ1v) is 9.30. The number of aromatic amines is 1. The Morgan fingerprint density at radius 2 is 1.89 bits per heavy atom. The summed E-state index contributed by atoms with van der Waals surface area (Å²) in [5.41, 5.74) is 0.899. The molecule has 27 heavy (non-hydrogen) atoms. The van der Waals surface area contributed by atoms with E-state index in [0.29, 0.717) is 12.0 Å². The van der Waals surface area contributed by atoms with Gasteiger partial charge in [0.25, 0.3) is 11.5 Å². The maximum absolute atomic E-state index is 12.6. The van der Waals surface area contributed by atoms with E-state index in [-0.39, 0.29) is 12.1 Å². The molecule has 3 N–H and O–H groups in total. The lowest BCUT2D eigenvalue weighted by Crippen LogP contribution is -2.47. The molecule has 6 nitrogen and oxygen atoms in total. The summed E-state index contributed by atoms with van der Waals surface area (Å²) in [6.45, 7) is 1.69. The van der Waals surface area contributed by atoms with Crippen LogP contribution >= 0.6 is 0 Å². The summed E-state index contributed by atoms with van der Waals surface area (Å²) >= 11 is 0. The van der Waals surface area contributed by atoms with Gasteiger partial charge in [-0.1, -0.05) is 37.3 Å². The number of aliphatic carboxylic acids is 1. The zero-order chi connectivity index (χ0) is 19.4. The van der Waals surface area contributed by atoms with Gasteiger partial charge in [-0.3, -0.25) is 14.4 Å². The van der Waals surface area contributed by atoms with E-state index in [9.17, 15) is 19.5 Å². The van der Waals surface area contributed by atoms with Crippen LogP contribution in [0.2, 0.25) is 0 Å². The molecule has 1 atom stereocenters. The second-order valence-electron chi connectivity index (χ2n) is 7.01. The molecule has 0 saturated carbocycles. The Hall–Kier alpha value is -2.89. The van der Waals surface area contributed by atoms with Gasteiger partial charge in [-0.25, -0.2) is 0 Å². The number of nitrogens with one attached hydrogen (secondary N) is 2. The van der Waals surface area contributed by atoms with Crippen LogP contribution in [0.25, 0.3) is 0 Å². The molecular weight excluding hydrogens is 344 g/mol.